The molecule has 0 bridgehead atoms. The van der Waals surface area contributed by atoms with E-state index >= 15 is 0 Å². The molecule has 0 aromatic carbocycles. The van der Waals surface area contributed by atoms with Gasteiger partial charge in [0.05, 0.1) is 14.2 Å². The second kappa shape index (κ2) is 5.88. The van der Waals surface area contributed by atoms with Gasteiger partial charge in [-0.2, -0.15) is 0 Å². The van der Waals surface area contributed by atoms with Crippen LogP contribution in [0.5, 0.6) is 0 Å². The Labute approximate surface area is 109 Å². The Bertz CT molecular complexity index is 230. The van der Waals surface area contributed by atoms with E-state index in [-0.39, 0.29) is 0 Å². The van der Waals surface area contributed by atoms with Gasteiger partial charge in [-0.25, -0.2) is 0 Å². The molecule has 0 radical (unpaired) electrons. The van der Waals surface area contributed by atoms with E-state index in [4.69, 9.17) is 4.74 Å². The van der Waals surface area contributed by atoms with Crippen LogP contribution in [-0.2, 0) is 4.74 Å². The first-order valence-corrected chi connectivity index (χ1v) is 10.5. The molecule has 2 atom stereocenters. The topological polar surface area (TPSA) is 9.23 Å². The van der Waals surface area contributed by atoms with Crippen LogP contribution in [0.2, 0.25) is 23.7 Å². The molecule has 0 N–H and O–H groups in total. The summed E-state index contributed by atoms with van der Waals surface area (Å²) in [5, 5.41) is 0.489. The van der Waals surface area contributed by atoms with Gasteiger partial charge in [0.1, 0.15) is 0 Å². The van der Waals surface area contributed by atoms with Crippen molar-refractivity contribution in [1.82, 2.24) is 0 Å². The molecule has 102 valence electrons. The van der Waals surface area contributed by atoms with Crippen LogP contribution in [0.15, 0.2) is 0 Å². The first-order valence-electron chi connectivity index (χ1n) is 7.42. The Kier molecular flexibility index (Phi) is 5.27. The SMILES string of the molecule is CCCC[C@H]1OCCC[C@@H]1[Si](C)(C)C(C)(C)C. The average Bonchev–Trinajstić information content (AvgIpc) is 2.25. The number of rotatable bonds is 4. The predicted octanol–water partition coefficient (Wildman–Crippen LogP) is 5.23. The number of hydrogen-bond acceptors (Lipinski definition) is 1. The molecule has 1 heterocycles. The molecule has 0 saturated carbocycles. The van der Waals surface area contributed by atoms with Crippen molar-refractivity contribution in [1.29, 1.82) is 0 Å². The molecule has 0 amide bonds. The van der Waals surface area contributed by atoms with Gasteiger partial charge in [0, 0.05) is 6.61 Å². The second-order valence-corrected chi connectivity index (χ2v) is 13.0. The summed E-state index contributed by atoms with van der Waals surface area (Å²) in [7, 11) is -1.24. The van der Waals surface area contributed by atoms with Gasteiger partial charge in [0.2, 0.25) is 0 Å². The molecule has 1 aliphatic heterocycles. The quantitative estimate of drug-likeness (QED) is 0.625. The summed E-state index contributed by atoms with van der Waals surface area (Å²) in [5.74, 6) is 0. The minimum absolute atomic E-state index is 0.489. The monoisotopic (exact) mass is 256 g/mol. The third kappa shape index (κ3) is 3.57. The molecule has 2 heteroatoms. The first-order chi connectivity index (χ1) is 7.80. The third-order valence-electron chi connectivity index (χ3n) is 5.14. The average molecular weight is 257 g/mol. The van der Waals surface area contributed by atoms with Crippen LogP contribution in [0.3, 0.4) is 0 Å². The van der Waals surface area contributed by atoms with Gasteiger partial charge < -0.3 is 4.74 Å². The highest BCUT2D eigenvalue weighted by Crippen LogP contribution is 2.49. The van der Waals surface area contributed by atoms with E-state index in [0.717, 1.165) is 12.1 Å². The molecule has 1 saturated heterocycles. The van der Waals surface area contributed by atoms with E-state index in [2.05, 4.69) is 40.8 Å². The maximum absolute atomic E-state index is 6.11. The lowest BCUT2D eigenvalue weighted by atomic mass is 10.0. The summed E-state index contributed by atoms with van der Waals surface area (Å²) in [4.78, 5) is 0. The van der Waals surface area contributed by atoms with Crippen molar-refractivity contribution in [3.05, 3.63) is 0 Å². The highest BCUT2D eigenvalue weighted by Gasteiger charge is 2.46. The Morgan fingerprint density at radius 1 is 1.24 bits per heavy atom. The van der Waals surface area contributed by atoms with Gasteiger partial charge in [0.25, 0.3) is 0 Å². The van der Waals surface area contributed by atoms with E-state index in [9.17, 15) is 0 Å². The van der Waals surface area contributed by atoms with E-state index in [1.54, 1.807) is 0 Å². The van der Waals surface area contributed by atoms with Crippen molar-refractivity contribution in [2.45, 2.75) is 89.6 Å². The van der Waals surface area contributed by atoms with Crippen LogP contribution >= 0.6 is 0 Å². The van der Waals surface area contributed by atoms with Crippen molar-refractivity contribution in [3.8, 4) is 0 Å². The fourth-order valence-electron chi connectivity index (χ4n) is 2.91. The number of ether oxygens (including phenoxy) is 1. The maximum atomic E-state index is 6.11. The largest absolute Gasteiger partial charge is 0.378 e. The van der Waals surface area contributed by atoms with E-state index < -0.39 is 8.07 Å². The summed E-state index contributed by atoms with van der Waals surface area (Å²) in [6.45, 7) is 15.7. The molecule has 1 fully saturated rings. The zero-order valence-electron chi connectivity index (χ0n) is 12.8. The van der Waals surface area contributed by atoms with Crippen LogP contribution < -0.4 is 0 Å². The molecule has 1 nitrogen and oxygen atoms in total. The maximum Gasteiger partial charge on any atom is 0.0587 e. The van der Waals surface area contributed by atoms with Gasteiger partial charge in [-0.3, -0.25) is 0 Å². The number of unbranched alkanes of at least 4 members (excludes halogenated alkanes) is 1. The minimum Gasteiger partial charge on any atom is -0.378 e. The molecule has 0 aromatic heterocycles. The van der Waals surface area contributed by atoms with Crippen LogP contribution in [0.25, 0.3) is 0 Å². The van der Waals surface area contributed by atoms with Crippen LogP contribution in [0.4, 0.5) is 0 Å². The van der Waals surface area contributed by atoms with E-state index in [1.165, 1.54) is 32.1 Å². The van der Waals surface area contributed by atoms with E-state index in [0.29, 0.717) is 11.1 Å². The minimum atomic E-state index is -1.24. The molecule has 0 aliphatic carbocycles. The molecule has 0 unspecified atom stereocenters. The third-order valence-corrected chi connectivity index (χ3v) is 11.5. The van der Waals surface area contributed by atoms with Crippen LogP contribution in [0, 0.1) is 0 Å². The zero-order valence-corrected chi connectivity index (χ0v) is 13.8. The standard InChI is InChI=1S/C15H32OSi/c1-7-8-10-13-14(11-9-12-16-13)17(5,6)15(2,3)4/h13-14H,7-12H2,1-6H3/t13-,14+/m1/s1. The van der Waals surface area contributed by atoms with Crippen molar-refractivity contribution in [3.63, 3.8) is 0 Å². The van der Waals surface area contributed by atoms with Gasteiger partial charge in [-0.1, -0.05) is 53.6 Å². The van der Waals surface area contributed by atoms with Gasteiger partial charge in [-0.15, -0.1) is 0 Å². The summed E-state index contributed by atoms with van der Waals surface area (Å²) in [6, 6.07) is 0. The Hall–Kier alpha value is 0.177. The van der Waals surface area contributed by atoms with Crippen molar-refractivity contribution in [2.24, 2.45) is 0 Å². The van der Waals surface area contributed by atoms with Crippen LogP contribution in [-0.4, -0.2) is 20.8 Å². The lowest BCUT2D eigenvalue weighted by Gasteiger charge is -2.48. The Balaban J connectivity index is 2.76. The highest BCUT2D eigenvalue weighted by molar-refractivity contribution is 6.81. The molecule has 1 rings (SSSR count). The predicted molar refractivity (Wildman–Crippen MR) is 79.4 cm³/mol. The summed E-state index contributed by atoms with van der Waals surface area (Å²) < 4.78 is 6.11. The number of hydrogen-bond donors (Lipinski definition) is 0. The normalized spacial score (nSPS) is 27.2. The molecule has 0 aromatic rings. The highest BCUT2D eigenvalue weighted by atomic mass is 28.3. The van der Waals surface area contributed by atoms with E-state index in [1.807, 2.05) is 0 Å². The van der Waals surface area contributed by atoms with Crippen LogP contribution in [0.1, 0.15) is 59.8 Å². The summed E-state index contributed by atoms with van der Waals surface area (Å²) in [6.07, 6.45) is 7.16. The van der Waals surface area contributed by atoms with Gasteiger partial charge >= 0.3 is 0 Å². The smallest absolute Gasteiger partial charge is 0.0587 e. The zero-order chi connectivity index (χ0) is 13.1. The molecule has 0 spiro atoms. The Morgan fingerprint density at radius 3 is 2.41 bits per heavy atom. The van der Waals surface area contributed by atoms with Gasteiger partial charge in [0.15, 0.2) is 0 Å². The summed E-state index contributed by atoms with van der Waals surface area (Å²) >= 11 is 0. The fraction of sp³-hybridized carbons (Fsp3) is 1.00. The molecular formula is C15H32OSi. The van der Waals surface area contributed by atoms with Crippen molar-refractivity contribution in [2.75, 3.05) is 6.61 Å². The molecular weight excluding hydrogens is 224 g/mol. The molecule has 17 heavy (non-hydrogen) atoms. The summed E-state index contributed by atoms with van der Waals surface area (Å²) in [5.41, 5.74) is 0.864. The fourth-order valence-corrected chi connectivity index (χ4v) is 6.14. The molecule has 1 aliphatic rings. The lowest BCUT2D eigenvalue weighted by Crippen LogP contribution is -2.48. The van der Waals surface area contributed by atoms with Gasteiger partial charge in [-0.05, 0) is 29.8 Å². The van der Waals surface area contributed by atoms with Crippen molar-refractivity contribution < 1.29 is 4.74 Å². The first kappa shape index (κ1) is 15.2. The lowest BCUT2D eigenvalue weighted by molar-refractivity contribution is 0.00755. The Morgan fingerprint density at radius 2 is 1.88 bits per heavy atom. The second-order valence-electron chi connectivity index (χ2n) is 7.27. The van der Waals surface area contributed by atoms with Crippen molar-refractivity contribution >= 4 is 8.07 Å².